The molecule has 0 bridgehead atoms. The Balaban J connectivity index is 1.63. The van der Waals surface area contributed by atoms with Gasteiger partial charge in [0.05, 0.1) is 37.4 Å². The lowest BCUT2D eigenvalue weighted by Crippen LogP contribution is -2.25. The molecule has 1 aliphatic rings. The van der Waals surface area contributed by atoms with Crippen molar-refractivity contribution in [1.29, 1.82) is 0 Å². The average molecular weight is 410 g/mol. The molecule has 2 aromatic heterocycles. The largest absolute Gasteiger partial charge is 0.331 e. The summed E-state index contributed by atoms with van der Waals surface area (Å²) >= 11 is 6.06. The highest BCUT2D eigenvalue weighted by Crippen LogP contribution is 2.27. The molecule has 0 atom stereocenters. The summed E-state index contributed by atoms with van der Waals surface area (Å²) in [5.74, 6) is 0.113. The SMILES string of the molecule is CN(C)CCN=C1CC(=O)N(Cc2c(-c3ccc(Cl)cc3)nc3ccccn23)C1. The van der Waals surface area contributed by atoms with Gasteiger partial charge >= 0.3 is 0 Å². The Morgan fingerprint density at radius 3 is 2.72 bits per heavy atom. The van der Waals surface area contributed by atoms with Gasteiger partial charge in [-0.2, -0.15) is 0 Å². The van der Waals surface area contributed by atoms with Crippen LogP contribution in [0.4, 0.5) is 0 Å². The fourth-order valence-corrected chi connectivity index (χ4v) is 3.65. The zero-order valence-electron chi connectivity index (χ0n) is 16.7. The predicted molar refractivity (Wildman–Crippen MR) is 117 cm³/mol. The summed E-state index contributed by atoms with van der Waals surface area (Å²) in [6.45, 7) is 2.67. The van der Waals surface area contributed by atoms with E-state index in [1.165, 1.54) is 0 Å². The summed E-state index contributed by atoms with van der Waals surface area (Å²) in [6.07, 6.45) is 2.39. The molecular weight excluding hydrogens is 386 g/mol. The third kappa shape index (κ3) is 4.33. The number of benzene rings is 1. The number of likely N-dealkylation sites (N-methyl/N-ethyl adjacent to an activating group) is 1. The number of imidazole rings is 1. The van der Waals surface area contributed by atoms with E-state index in [9.17, 15) is 4.79 Å². The van der Waals surface area contributed by atoms with E-state index in [4.69, 9.17) is 16.6 Å². The lowest BCUT2D eigenvalue weighted by molar-refractivity contribution is -0.128. The van der Waals surface area contributed by atoms with Crippen molar-refractivity contribution in [2.45, 2.75) is 13.0 Å². The maximum Gasteiger partial charge on any atom is 0.228 e. The molecule has 3 aromatic rings. The van der Waals surface area contributed by atoms with Crippen molar-refractivity contribution in [2.75, 3.05) is 33.7 Å². The minimum atomic E-state index is 0.113. The van der Waals surface area contributed by atoms with Crippen molar-refractivity contribution in [1.82, 2.24) is 19.2 Å². The minimum Gasteiger partial charge on any atom is -0.331 e. The molecule has 4 rings (SSSR count). The summed E-state index contributed by atoms with van der Waals surface area (Å²) in [4.78, 5) is 26.0. The van der Waals surface area contributed by atoms with E-state index in [1.807, 2.05) is 67.7 Å². The van der Waals surface area contributed by atoms with Crippen molar-refractivity contribution < 1.29 is 4.79 Å². The van der Waals surface area contributed by atoms with Gasteiger partial charge < -0.3 is 14.2 Å². The Hall–Kier alpha value is -2.70. The molecule has 1 aliphatic heterocycles. The molecule has 29 heavy (non-hydrogen) atoms. The molecule has 150 valence electrons. The van der Waals surface area contributed by atoms with Gasteiger partial charge in [0, 0.05) is 29.0 Å². The van der Waals surface area contributed by atoms with Crippen LogP contribution in [0.1, 0.15) is 12.1 Å². The Labute approximate surface area is 175 Å². The molecule has 1 fully saturated rings. The fourth-order valence-electron chi connectivity index (χ4n) is 3.53. The van der Waals surface area contributed by atoms with E-state index in [1.54, 1.807) is 0 Å². The Morgan fingerprint density at radius 2 is 1.97 bits per heavy atom. The molecule has 0 aliphatic carbocycles. The third-order valence-electron chi connectivity index (χ3n) is 5.05. The summed E-state index contributed by atoms with van der Waals surface area (Å²) in [5, 5.41) is 0.687. The molecular formula is C22H24ClN5O. The molecule has 1 amide bonds. The third-order valence-corrected chi connectivity index (χ3v) is 5.30. The predicted octanol–water partition coefficient (Wildman–Crippen LogP) is 3.39. The van der Waals surface area contributed by atoms with Gasteiger partial charge in [-0.05, 0) is 38.4 Å². The van der Waals surface area contributed by atoms with E-state index in [0.29, 0.717) is 24.5 Å². The highest BCUT2D eigenvalue weighted by Gasteiger charge is 2.28. The molecule has 0 radical (unpaired) electrons. The van der Waals surface area contributed by atoms with Crippen molar-refractivity contribution in [3.8, 4) is 11.3 Å². The molecule has 7 heteroatoms. The van der Waals surface area contributed by atoms with Gasteiger partial charge in [-0.3, -0.25) is 9.79 Å². The number of aliphatic imine (C=N–C) groups is 1. The Morgan fingerprint density at radius 1 is 1.17 bits per heavy atom. The monoisotopic (exact) mass is 409 g/mol. The Bertz CT molecular complexity index is 1050. The van der Waals surface area contributed by atoms with Crippen LogP contribution in [0.2, 0.25) is 5.02 Å². The van der Waals surface area contributed by atoms with Crippen LogP contribution in [-0.4, -0.2) is 64.5 Å². The number of hydrogen-bond acceptors (Lipinski definition) is 4. The summed E-state index contributed by atoms with van der Waals surface area (Å²) in [6, 6.07) is 13.6. The number of carbonyl (C=O) groups is 1. The van der Waals surface area contributed by atoms with E-state index in [0.717, 1.165) is 41.4 Å². The van der Waals surface area contributed by atoms with Crippen molar-refractivity contribution in [3.05, 3.63) is 59.4 Å². The number of rotatable bonds is 6. The topological polar surface area (TPSA) is 53.2 Å². The number of nitrogens with zero attached hydrogens (tertiary/aromatic N) is 5. The first-order chi connectivity index (χ1) is 14.0. The van der Waals surface area contributed by atoms with E-state index in [-0.39, 0.29) is 5.91 Å². The first kappa shape index (κ1) is 19.6. The number of carbonyl (C=O) groups excluding carboxylic acids is 1. The van der Waals surface area contributed by atoms with Crippen LogP contribution >= 0.6 is 11.6 Å². The number of likely N-dealkylation sites (tertiary alicyclic amines) is 1. The summed E-state index contributed by atoms with van der Waals surface area (Å²) < 4.78 is 2.05. The normalized spacial score (nSPS) is 15.9. The maximum absolute atomic E-state index is 12.6. The second-order valence-corrected chi connectivity index (χ2v) is 7.96. The first-order valence-corrected chi connectivity index (χ1v) is 10.1. The molecule has 3 heterocycles. The molecule has 1 saturated heterocycles. The van der Waals surface area contributed by atoms with Gasteiger partial charge in [-0.25, -0.2) is 4.98 Å². The van der Waals surface area contributed by atoms with Crippen LogP contribution in [-0.2, 0) is 11.3 Å². The molecule has 0 saturated carbocycles. The van der Waals surface area contributed by atoms with Gasteiger partial charge in [-0.1, -0.05) is 29.8 Å². The van der Waals surface area contributed by atoms with Crippen molar-refractivity contribution in [3.63, 3.8) is 0 Å². The minimum absolute atomic E-state index is 0.113. The van der Waals surface area contributed by atoms with Crippen LogP contribution in [0.25, 0.3) is 16.9 Å². The lowest BCUT2D eigenvalue weighted by atomic mass is 10.1. The molecule has 0 unspecified atom stereocenters. The summed E-state index contributed by atoms with van der Waals surface area (Å²) in [5.41, 5.74) is 4.67. The van der Waals surface area contributed by atoms with E-state index >= 15 is 0 Å². The molecule has 1 aromatic carbocycles. The second kappa shape index (κ2) is 8.35. The van der Waals surface area contributed by atoms with Crippen LogP contribution in [0, 0.1) is 0 Å². The quantitative estimate of drug-likeness (QED) is 0.627. The smallest absolute Gasteiger partial charge is 0.228 e. The first-order valence-electron chi connectivity index (χ1n) is 9.68. The zero-order chi connectivity index (χ0) is 20.4. The van der Waals surface area contributed by atoms with Crippen LogP contribution in [0.5, 0.6) is 0 Å². The molecule has 6 nitrogen and oxygen atoms in total. The highest BCUT2D eigenvalue weighted by molar-refractivity contribution is 6.30. The zero-order valence-corrected chi connectivity index (χ0v) is 17.4. The standard InChI is InChI=1S/C22H24ClN5O/c1-26(2)12-10-24-18-13-21(29)27(14-18)15-19-22(16-6-8-17(23)9-7-16)25-20-5-3-4-11-28(19)20/h3-9,11H,10,12-15H2,1-2H3. The van der Waals surface area contributed by atoms with Gasteiger partial charge in [0.15, 0.2) is 0 Å². The van der Waals surface area contributed by atoms with Gasteiger partial charge in [0.2, 0.25) is 5.91 Å². The summed E-state index contributed by atoms with van der Waals surface area (Å²) in [7, 11) is 4.05. The average Bonchev–Trinajstić information content (AvgIpc) is 3.23. The van der Waals surface area contributed by atoms with Gasteiger partial charge in [0.1, 0.15) is 5.65 Å². The lowest BCUT2D eigenvalue weighted by Gasteiger charge is -2.16. The molecule has 0 spiro atoms. The second-order valence-electron chi connectivity index (χ2n) is 7.52. The van der Waals surface area contributed by atoms with Crippen LogP contribution < -0.4 is 0 Å². The van der Waals surface area contributed by atoms with E-state index in [2.05, 4.69) is 14.3 Å². The van der Waals surface area contributed by atoms with Gasteiger partial charge in [0.25, 0.3) is 0 Å². The maximum atomic E-state index is 12.6. The Kier molecular flexibility index (Phi) is 5.65. The number of aromatic nitrogens is 2. The number of halogens is 1. The number of fused-ring (bicyclic) bond motifs is 1. The fraction of sp³-hybridized carbons (Fsp3) is 0.318. The number of amides is 1. The van der Waals surface area contributed by atoms with Crippen molar-refractivity contribution in [2.24, 2.45) is 4.99 Å². The highest BCUT2D eigenvalue weighted by atomic mass is 35.5. The number of pyridine rings is 1. The number of hydrogen-bond donors (Lipinski definition) is 0. The van der Waals surface area contributed by atoms with Gasteiger partial charge in [-0.15, -0.1) is 0 Å². The van der Waals surface area contributed by atoms with Crippen LogP contribution in [0.3, 0.4) is 0 Å². The van der Waals surface area contributed by atoms with Crippen molar-refractivity contribution >= 4 is 28.9 Å². The molecule has 0 N–H and O–H groups in total. The van der Waals surface area contributed by atoms with Crippen LogP contribution in [0.15, 0.2) is 53.7 Å². The van der Waals surface area contributed by atoms with E-state index < -0.39 is 0 Å².